The third-order valence-electron chi connectivity index (χ3n) is 13.9. The number of carbonyl (C=O) groups is 2. The van der Waals surface area contributed by atoms with E-state index in [-0.39, 0.29) is 41.7 Å². The van der Waals surface area contributed by atoms with Gasteiger partial charge in [0.15, 0.2) is 5.78 Å². The van der Waals surface area contributed by atoms with Crippen molar-refractivity contribution in [3.63, 3.8) is 0 Å². The minimum Gasteiger partial charge on any atom is -0.440 e. The number of carbonyl (C=O) groups excluding carboxylic acids is 2. The van der Waals surface area contributed by atoms with Crippen LogP contribution < -0.4 is 4.74 Å². The molecule has 6 nitrogen and oxygen atoms in total. The van der Waals surface area contributed by atoms with Crippen LogP contribution in [-0.2, 0) is 17.5 Å². The minimum absolute atomic E-state index is 0.0314. The summed E-state index contributed by atoms with van der Waals surface area (Å²) in [5.41, 5.74) is -3.18. The first-order chi connectivity index (χ1) is 23.8. The predicted molar refractivity (Wildman–Crippen MR) is 172 cm³/mol. The molecule has 1 heterocycles. The van der Waals surface area contributed by atoms with Crippen LogP contribution in [0.1, 0.15) is 80.3 Å². The SMILES string of the molecule is CC12CCC(O)CC13C=CC1(C(C(=O)c4cccc(C(F)(F)F)c4)=C3)C2CCC2(C)C1CCC21CN(Cc2ccc(OC(F)(F)F)cc2)C(=O)O1. The average molecular weight is 716 g/mol. The molecule has 1 saturated heterocycles. The van der Waals surface area contributed by atoms with Crippen molar-refractivity contribution in [2.45, 2.75) is 89.6 Å². The highest BCUT2D eigenvalue weighted by molar-refractivity contribution is 6.10. The molecule has 3 saturated carbocycles. The summed E-state index contributed by atoms with van der Waals surface area (Å²) in [6, 6.07) is 9.91. The zero-order valence-electron chi connectivity index (χ0n) is 28.2. The second-order valence-electron chi connectivity index (χ2n) is 16.1. The summed E-state index contributed by atoms with van der Waals surface area (Å²) in [4.78, 5) is 29.8. The number of ketones is 1. The molecule has 2 aromatic carbocycles. The van der Waals surface area contributed by atoms with Gasteiger partial charge in [-0.15, -0.1) is 13.2 Å². The molecule has 2 aromatic rings. The number of amides is 1. The van der Waals surface area contributed by atoms with Gasteiger partial charge >= 0.3 is 18.6 Å². The number of nitrogens with zero attached hydrogens (tertiary/aromatic N) is 1. The fraction of sp³-hybridized carbons (Fsp3) is 0.538. The molecule has 0 aromatic heterocycles. The molecule has 1 aliphatic heterocycles. The van der Waals surface area contributed by atoms with E-state index in [9.17, 15) is 41.0 Å². The Hall–Kier alpha value is -3.80. The molecule has 7 aliphatic rings. The monoisotopic (exact) mass is 715 g/mol. The quantitative estimate of drug-likeness (QED) is 0.190. The Bertz CT molecular complexity index is 1850. The van der Waals surface area contributed by atoms with Gasteiger partial charge in [0, 0.05) is 33.9 Å². The molecule has 9 rings (SSSR count). The van der Waals surface area contributed by atoms with Crippen LogP contribution >= 0.6 is 0 Å². The Morgan fingerprint density at radius 2 is 1.63 bits per heavy atom. The molecule has 51 heavy (non-hydrogen) atoms. The number of rotatable bonds is 5. The Morgan fingerprint density at radius 3 is 2.33 bits per heavy atom. The Morgan fingerprint density at radius 1 is 0.941 bits per heavy atom. The smallest absolute Gasteiger partial charge is 0.440 e. The van der Waals surface area contributed by atoms with E-state index < -0.39 is 57.9 Å². The van der Waals surface area contributed by atoms with E-state index in [0.29, 0.717) is 49.7 Å². The van der Waals surface area contributed by atoms with Crippen molar-refractivity contribution < 1.29 is 50.5 Å². The van der Waals surface area contributed by atoms with Gasteiger partial charge in [-0.2, -0.15) is 13.2 Å². The van der Waals surface area contributed by atoms with Crippen LogP contribution in [0, 0.1) is 33.5 Å². The maximum Gasteiger partial charge on any atom is 0.573 e. The van der Waals surface area contributed by atoms with Crippen molar-refractivity contribution in [3.8, 4) is 5.75 Å². The van der Waals surface area contributed by atoms with Crippen LogP contribution in [0.4, 0.5) is 31.1 Å². The summed E-state index contributed by atoms with van der Waals surface area (Å²) in [7, 11) is 0. The second kappa shape index (κ2) is 10.9. The van der Waals surface area contributed by atoms with E-state index >= 15 is 0 Å². The zero-order chi connectivity index (χ0) is 36.4. The summed E-state index contributed by atoms with van der Waals surface area (Å²) in [6.07, 6.45) is -0.0175. The fourth-order valence-corrected chi connectivity index (χ4v) is 11.5. The number of allylic oxidation sites excluding steroid dienone is 4. The van der Waals surface area contributed by atoms with E-state index in [1.807, 2.05) is 6.08 Å². The number of hydrogen-bond acceptors (Lipinski definition) is 5. The highest BCUT2D eigenvalue weighted by Gasteiger charge is 2.76. The molecular weight excluding hydrogens is 676 g/mol. The molecule has 272 valence electrons. The van der Waals surface area contributed by atoms with Crippen LogP contribution in [0.5, 0.6) is 5.75 Å². The van der Waals surface area contributed by atoms with E-state index in [1.165, 1.54) is 36.4 Å². The van der Waals surface area contributed by atoms with Gasteiger partial charge in [-0.05, 0) is 92.0 Å². The highest BCUT2D eigenvalue weighted by atomic mass is 19.4. The normalized spacial score (nSPS) is 38.2. The van der Waals surface area contributed by atoms with Crippen molar-refractivity contribution >= 4 is 11.9 Å². The van der Waals surface area contributed by atoms with Gasteiger partial charge in [-0.25, -0.2) is 4.79 Å². The number of halogens is 6. The van der Waals surface area contributed by atoms with Gasteiger partial charge in [0.1, 0.15) is 11.4 Å². The number of benzene rings is 2. The summed E-state index contributed by atoms with van der Waals surface area (Å²) in [5.74, 6) is -1.04. The Kier molecular flexibility index (Phi) is 7.31. The highest BCUT2D eigenvalue weighted by Crippen LogP contribution is 2.79. The summed E-state index contributed by atoms with van der Waals surface area (Å²) in [5, 5.41) is 10.9. The molecule has 8 atom stereocenters. The lowest BCUT2D eigenvalue weighted by Crippen LogP contribution is -2.67. The summed E-state index contributed by atoms with van der Waals surface area (Å²) < 4.78 is 89.8. The number of alkyl halides is 6. The van der Waals surface area contributed by atoms with Gasteiger partial charge in [-0.3, -0.25) is 9.69 Å². The number of fused-ring (bicyclic) bond motifs is 2. The molecule has 0 radical (unpaired) electrons. The third-order valence-corrected chi connectivity index (χ3v) is 13.9. The largest absolute Gasteiger partial charge is 0.573 e. The number of hydrogen-bond donors (Lipinski definition) is 1. The standard InChI is InChI=1S/C39H39F6NO5/c1-33-13-10-26(47)19-35(33)16-17-37(28(20-35)31(48)24-4-3-5-25(18-24)38(40,41)42)29(33)11-14-34(2)30(37)12-15-36(34)22-46(32(49)51-36)21-23-6-8-27(9-7-23)50-39(43,44)45/h3-9,16-18,20,26,29-30,47H,10-15,19,21-22H2,1-2H3. The second-order valence-corrected chi connectivity index (χ2v) is 16.1. The van der Waals surface area contributed by atoms with Crippen molar-refractivity contribution in [2.75, 3.05) is 6.54 Å². The molecule has 1 N–H and O–H groups in total. The first-order valence-corrected chi connectivity index (χ1v) is 17.5. The van der Waals surface area contributed by atoms with E-state index in [1.54, 1.807) is 4.90 Å². The Balaban J connectivity index is 1.16. The van der Waals surface area contributed by atoms with Crippen LogP contribution in [0.3, 0.4) is 0 Å². The molecule has 2 bridgehead atoms. The van der Waals surface area contributed by atoms with Gasteiger partial charge in [0.2, 0.25) is 0 Å². The number of ether oxygens (including phenoxy) is 2. The molecule has 6 aliphatic carbocycles. The van der Waals surface area contributed by atoms with Crippen molar-refractivity contribution in [3.05, 3.63) is 89.0 Å². The van der Waals surface area contributed by atoms with Crippen LogP contribution in [0.2, 0.25) is 0 Å². The maximum atomic E-state index is 14.7. The number of aliphatic hydroxyl groups is 1. The topological polar surface area (TPSA) is 76.1 Å². The lowest BCUT2D eigenvalue weighted by atomic mass is 9.32. The number of aliphatic hydroxyl groups excluding tert-OH is 1. The average Bonchev–Trinajstić information content (AvgIpc) is 3.54. The summed E-state index contributed by atoms with van der Waals surface area (Å²) >= 11 is 0. The van der Waals surface area contributed by atoms with Crippen molar-refractivity contribution in [2.24, 2.45) is 33.5 Å². The van der Waals surface area contributed by atoms with Gasteiger partial charge in [-0.1, -0.05) is 56.3 Å². The van der Waals surface area contributed by atoms with Gasteiger partial charge in [0.05, 0.1) is 18.2 Å². The molecule has 3 spiro atoms. The van der Waals surface area contributed by atoms with E-state index in [0.717, 1.165) is 18.6 Å². The van der Waals surface area contributed by atoms with Crippen LogP contribution in [-0.4, -0.2) is 46.5 Å². The predicted octanol–water partition coefficient (Wildman–Crippen LogP) is 9.04. The van der Waals surface area contributed by atoms with Crippen molar-refractivity contribution in [1.29, 1.82) is 0 Å². The third kappa shape index (κ3) is 4.87. The maximum absolute atomic E-state index is 14.7. The fourth-order valence-electron chi connectivity index (χ4n) is 11.5. The molecule has 12 heteroatoms. The Labute approximate surface area is 291 Å². The van der Waals surface area contributed by atoms with E-state index in [4.69, 9.17) is 4.74 Å². The van der Waals surface area contributed by atoms with Crippen molar-refractivity contribution in [1.82, 2.24) is 4.90 Å². The molecule has 8 unspecified atom stereocenters. The molecular formula is C39H39F6NO5. The first-order valence-electron chi connectivity index (χ1n) is 17.5. The molecule has 4 fully saturated rings. The lowest BCUT2D eigenvalue weighted by Gasteiger charge is -2.71. The van der Waals surface area contributed by atoms with Gasteiger partial charge < -0.3 is 14.6 Å². The summed E-state index contributed by atoms with van der Waals surface area (Å²) in [6.45, 7) is 4.71. The number of Topliss-reactive ketones (excluding diaryl/α,β-unsaturated/α-hetero) is 1. The van der Waals surface area contributed by atoms with E-state index in [2.05, 4.69) is 30.7 Å². The van der Waals surface area contributed by atoms with Gasteiger partial charge in [0.25, 0.3) is 0 Å². The van der Waals surface area contributed by atoms with Crippen LogP contribution in [0.15, 0.2) is 72.3 Å². The van der Waals surface area contributed by atoms with Crippen LogP contribution in [0.25, 0.3) is 0 Å². The molecule has 1 amide bonds. The minimum atomic E-state index is -4.82. The lowest BCUT2D eigenvalue weighted by molar-refractivity contribution is -0.274. The zero-order valence-corrected chi connectivity index (χ0v) is 28.2. The first kappa shape index (κ1) is 34.3.